The maximum Gasteiger partial charge on any atom is 0.228 e. The van der Waals surface area contributed by atoms with E-state index >= 15 is 0 Å². The van der Waals surface area contributed by atoms with Gasteiger partial charge >= 0.3 is 0 Å². The van der Waals surface area contributed by atoms with Gasteiger partial charge in [0.05, 0.1) is 6.42 Å². The van der Waals surface area contributed by atoms with Crippen molar-refractivity contribution in [1.29, 1.82) is 0 Å². The quantitative estimate of drug-likeness (QED) is 0.647. The summed E-state index contributed by atoms with van der Waals surface area (Å²) >= 11 is 0. The Hall–Kier alpha value is -3.07. The minimum atomic E-state index is -0.0352. The molecule has 0 saturated heterocycles. The standard InChI is InChI=1S/C22H21NO2/c1-16(2)15-25-20-12-10-19(11-13-20)23-22(24)14-18-8-5-7-17-6-3-4-9-21(17)18/h3-13H,1,14-15H2,2H3,(H,23,24). The Morgan fingerprint density at radius 3 is 2.48 bits per heavy atom. The second-order valence-corrected chi connectivity index (χ2v) is 6.13. The van der Waals surface area contributed by atoms with Gasteiger partial charge in [-0.25, -0.2) is 0 Å². The Kier molecular flexibility index (Phi) is 5.14. The SMILES string of the molecule is C=C(C)COc1ccc(NC(=O)Cc2cccc3ccccc23)cc1. The molecule has 0 unspecified atom stereocenters. The molecule has 0 saturated carbocycles. The average molecular weight is 331 g/mol. The molecule has 126 valence electrons. The normalized spacial score (nSPS) is 10.4. The molecule has 1 N–H and O–H groups in total. The average Bonchev–Trinajstić information content (AvgIpc) is 2.61. The zero-order chi connectivity index (χ0) is 17.6. The number of fused-ring (bicyclic) bond motifs is 1. The first kappa shape index (κ1) is 16.8. The van der Waals surface area contributed by atoms with Crippen LogP contribution < -0.4 is 10.1 Å². The van der Waals surface area contributed by atoms with E-state index < -0.39 is 0 Å². The highest BCUT2D eigenvalue weighted by atomic mass is 16.5. The van der Waals surface area contributed by atoms with Gasteiger partial charge < -0.3 is 10.1 Å². The number of nitrogens with one attached hydrogen (secondary N) is 1. The molecule has 0 heterocycles. The summed E-state index contributed by atoms with van der Waals surface area (Å²) in [5.41, 5.74) is 2.75. The second kappa shape index (κ2) is 7.67. The summed E-state index contributed by atoms with van der Waals surface area (Å²) < 4.78 is 5.56. The van der Waals surface area contributed by atoms with Gasteiger partial charge in [0, 0.05) is 5.69 Å². The number of amides is 1. The summed E-state index contributed by atoms with van der Waals surface area (Å²) in [5, 5.41) is 5.19. The summed E-state index contributed by atoms with van der Waals surface area (Å²) in [6.45, 7) is 6.22. The van der Waals surface area contributed by atoms with E-state index in [2.05, 4.69) is 24.0 Å². The Labute approximate surface area is 147 Å². The van der Waals surface area contributed by atoms with Crippen molar-refractivity contribution in [3.8, 4) is 5.75 Å². The van der Waals surface area contributed by atoms with Crippen molar-refractivity contribution in [3.63, 3.8) is 0 Å². The molecule has 0 bridgehead atoms. The first-order valence-electron chi connectivity index (χ1n) is 8.25. The minimum absolute atomic E-state index is 0.0352. The molecule has 3 aromatic rings. The summed E-state index contributed by atoms with van der Waals surface area (Å²) in [6.07, 6.45) is 0.343. The van der Waals surface area contributed by atoms with Crippen LogP contribution in [0.15, 0.2) is 78.9 Å². The fourth-order valence-electron chi connectivity index (χ4n) is 2.67. The van der Waals surface area contributed by atoms with Crippen molar-refractivity contribution in [3.05, 3.63) is 84.4 Å². The number of carbonyl (C=O) groups is 1. The molecular weight excluding hydrogens is 310 g/mol. The van der Waals surface area contributed by atoms with Crippen LogP contribution >= 0.6 is 0 Å². The number of hydrogen-bond donors (Lipinski definition) is 1. The predicted octanol–water partition coefficient (Wildman–Crippen LogP) is 4.98. The van der Waals surface area contributed by atoms with Crippen LogP contribution in [0.1, 0.15) is 12.5 Å². The molecule has 0 aliphatic carbocycles. The van der Waals surface area contributed by atoms with E-state index in [0.29, 0.717) is 13.0 Å². The molecule has 0 aliphatic heterocycles. The van der Waals surface area contributed by atoms with Gasteiger partial charge in [-0.05, 0) is 53.1 Å². The van der Waals surface area contributed by atoms with Gasteiger partial charge in [0.2, 0.25) is 5.91 Å². The van der Waals surface area contributed by atoms with Crippen LogP contribution in [-0.2, 0) is 11.2 Å². The summed E-state index contributed by atoms with van der Waals surface area (Å²) in [4.78, 5) is 12.4. The lowest BCUT2D eigenvalue weighted by Crippen LogP contribution is -2.14. The van der Waals surface area contributed by atoms with Crippen LogP contribution in [0.4, 0.5) is 5.69 Å². The zero-order valence-corrected chi connectivity index (χ0v) is 14.3. The lowest BCUT2D eigenvalue weighted by molar-refractivity contribution is -0.115. The molecule has 0 aliphatic rings. The maximum absolute atomic E-state index is 12.4. The molecule has 0 spiro atoms. The molecule has 0 radical (unpaired) electrons. The maximum atomic E-state index is 12.4. The van der Waals surface area contributed by atoms with Gasteiger partial charge in [0.25, 0.3) is 0 Å². The van der Waals surface area contributed by atoms with Crippen LogP contribution in [-0.4, -0.2) is 12.5 Å². The van der Waals surface area contributed by atoms with E-state index in [-0.39, 0.29) is 5.91 Å². The summed E-state index contributed by atoms with van der Waals surface area (Å²) in [7, 11) is 0. The van der Waals surface area contributed by atoms with E-state index in [1.54, 1.807) is 0 Å². The molecule has 0 atom stereocenters. The van der Waals surface area contributed by atoms with Crippen molar-refractivity contribution in [2.45, 2.75) is 13.3 Å². The third-order valence-corrected chi connectivity index (χ3v) is 3.85. The van der Waals surface area contributed by atoms with Gasteiger partial charge in [0.15, 0.2) is 0 Å². The third-order valence-electron chi connectivity index (χ3n) is 3.85. The Bertz CT molecular complexity index is 892. The molecule has 0 fully saturated rings. The van der Waals surface area contributed by atoms with Crippen LogP contribution in [0, 0.1) is 0 Å². The van der Waals surface area contributed by atoms with Crippen molar-refractivity contribution < 1.29 is 9.53 Å². The molecule has 3 heteroatoms. The highest BCUT2D eigenvalue weighted by Crippen LogP contribution is 2.20. The monoisotopic (exact) mass is 331 g/mol. The first-order valence-corrected chi connectivity index (χ1v) is 8.25. The van der Waals surface area contributed by atoms with Crippen molar-refractivity contribution in [2.24, 2.45) is 0 Å². The van der Waals surface area contributed by atoms with Gasteiger partial charge in [-0.3, -0.25) is 4.79 Å². The Morgan fingerprint density at radius 1 is 1.00 bits per heavy atom. The first-order chi connectivity index (χ1) is 12.1. The summed E-state index contributed by atoms with van der Waals surface area (Å²) in [5.74, 6) is 0.724. The highest BCUT2D eigenvalue weighted by Gasteiger charge is 2.07. The number of anilines is 1. The lowest BCUT2D eigenvalue weighted by atomic mass is 10.0. The fourth-order valence-corrected chi connectivity index (χ4v) is 2.67. The fraction of sp³-hybridized carbons (Fsp3) is 0.136. The van der Waals surface area contributed by atoms with Crippen molar-refractivity contribution in [2.75, 3.05) is 11.9 Å². The van der Waals surface area contributed by atoms with Crippen LogP contribution in [0.5, 0.6) is 5.75 Å². The van der Waals surface area contributed by atoms with Crippen LogP contribution in [0.3, 0.4) is 0 Å². The minimum Gasteiger partial charge on any atom is -0.489 e. The van der Waals surface area contributed by atoms with E-state index in [9.17, 15) is 4.79 Å². The van der Waals surface area contributed by atoms with Crippen molar-refractivity contribution in [1.82, 2.24) is 0 Å². The lowest BCUT2D eigenvalue weighted by Gasteiger charge is -2.09. The molecule has 3 rings (SSSR count). The van der Waals surface area contributed by atoms with Gasteiger partial charge in [-0.1, -0.05) is 49.0 Å². The van der Waals surface area contributed by atoms with Gasteiger partial charge in [-0.2, -0.15) is 0 Å². The predicted molar refractivity (Wildman–Crippen MR) is 103 cm³/mol. The van der Waals surface area contributed by atoms with Crippen molar-refractivity contribution >= 4 is 22.4 Å². The van der Waals surface area contributed by atoms with E-state index in [4.69, 9.17) is 4.74 Å². The van der Waals surface area contributed by atoms with Gasteiger partial charge in [-0.15, -0.1) is 0 Å². The molecular formula is C22H21NO2. The Morgan fingerprint density at radius 2 is 1.72 bits per heavy atom. The zero-order valence-electron chi connectivity index (χ0n) is 14.3. The molecule has 1 amide bonds. The summed E-state index contributed by atoms with van der Waals surface area (Å²) in [6, 6.07) is 21.5. The number of ether oxygens (including phenoxy) is 1. The van der Waals surface area contributed by atoms with E-state index in [1.165, 1.54) is 0 Å². The molecule has 0 aromatic heterocycles. The Balaban J connectivity index is 1.65. The topological polar surface area (TPSA) is 38.3 Å². The third kappa shape index (κ3) is 4.48. The largest absolute Gasteiger partial charge is 0.489 e. The van der Waals surface area contributed by atoms with Crippen LogP contribution in [0.25, 0.3) is 10.8 Å². The van der Waals surface area contributed by atoms with E-state index in [1.807, 2.05) is 61.5 Å². The van der Waals surface area contributed by atoms with Gasteiger partial charge in [0.1, 0.15) is 12.4 Å². The highest BCUT2D eigenvalue weighted by molar-refractivity contribution is 5.96. The molecule has 3 aromatic carbocycles. The number of hydrogen-bond acceptors (Lipinski definition) is 2. The molecule has 25 heavy (non-hydrogen) atoms. The van der Waals surface area contributed by atoms with E-state index in [0.717, 1.165) is 33.3 Å². The van der Waals surface area contributed by atoms with Crippen LogP contribution in [0.2, 0.25) is 0 Å². The number of rotatable bonds is 6. The smallest absolute Gasteiger partial charge is 0.228 e. The number of benzene rings is 3. The number of carbonyl (C=O) groups excluding carboxylic acids is 1. The second-order valence-electron chi connectivity index (χ2n) is 6.13. The molecule has 3 nitrogen and oxygen atoms in total.